The summed E-state index contributed by atoms with van der Waals surface area (Å²) < 4.78 is 2.05. The smallest absolute Gasteiger partial charge is 0.0814 e. The Labute approximate surface area is 115 Å². The highest BCUT2D eigenvalue weighted by Crippen LogP contribution is 2.29. The second-order valence-electron chi connectivity index (χ2n) is 5.37. The van der Waals surface area contributed by atoms with Gasteiger partial charge in [0.05, 0.1) is 23.5 Å². The molecule has 1 aliphatic carbocycles. The Balaban J connectivity index is 2.01. The fourth-order valence-corrected chi connectivity index (χ4v) is 3.01. The van der Waals surface area contributed by atoms with Gasteiger partial charge >= 0.3 is 0 Å². The first-order valence-corrected chi connectivity index (χ1v) is 7.51. The average molecular weight is 270 g/mol. The van der Waals surface area contributed by atoms with Gasteiger partial charge in [-0.05, 0) is 38.6 Å². The molecule has 0 amide bonds. The highest BCUT2D eigenvalue weighted by molar-refractivity contribution is 6.31. The van der Waals surface area contributed by atoms with E-state index in [-0.39, 0.29) is 0 Å². The van der Waals surface area contributed by atoms with E-state index >= 15 is 0 Å². The van der Waals surface area contributed by atoms with Crippen molar-refractivity contribution >= 4 is 11.6 Å². The predicted octanol–water partition coefficient (Wildman–Crippen LogP) is 3.40. The molecule has 0 aromatic carbocycles. The fourth-order valence-electron chi connectivity index (χ4n) is 2.86. The molecular weight excluding hydrogens is 246 g/mol. The number of nitrogens with one attached hydrogen (secondary N) is 1. The van der Waals surface area contributed by atoms with E-state index in [0.717, 1.165) is 29.7 Å². The molecule has 1 heterocycles. The molecule has 1 N–H and O–H groups in total. The lowest BCUT2D eigenvalue weighted by Gasteiger charge is -2.25. The Morgan fingerprint density at radius 2 is 2.22 bits per heavy atom. The van der Waals surface area contributed by atoms with Gasteiger partial charge in [0.2, 0.25) is 0 Å². The third kappa shape index (κ3) is 3.27. The van der Waals surface area contributed by atoms with Crippen molar-refractivity contribution in [3.8, 4) is 0 Å². The van der Waals surface area contributed by atoms with E-state index in [1.165, 1.54) is 32.1 Å². The summed E-state index contributed by atoms with van der Waals surface area (Å²) >= 11 is 6.07. The van der Waals surface area contributed by atoms with Crippen LogP contribution < -0.4 is 5.32 Å². The average Bonchev–Trinajstić information content (AvgIpc) is 2.99. The lowest BCUT2D eigenvalue weighted by Crippen LogP contribution is -2.39. The van der Waals surface area contributed by atoms with Gasteiger partial charge in [0.25, 0.3) is 0 Å². The van der Waals surface area contributed by atoms with Crippen LogP contribution in [-0.4, -0.2) is 22.4 Å². The second kappa shape index (κ2) is 6.58. The number of hydrogen-bond donors (Lipinski definition) is 1. The highest BCUT2D eigenvalue weighted by atomic mass is 35.5. The molecule has 18 heavy (non-hydrogen) atoms. The van der Waals surface area contributed by atoms with Gasteiger partial charge in [-0.2, -0.15) is 5.10 Å². The van der Waals surface area contributed by atoms with Crippen LogP contribution in [0.15, 0.2) is 6.20 Å². The van der Waals surface area contributed by atoms with Crippen molar-refractivity contribution in [3.05, 3.63) is 16.9 Å². The minimum Gasteiger partial charge on any atom is -0.312 e. The predicted molar refractivity (Wildman–Crippen MR) is 76.0 cm³/mol. The quantitative estimate of drug-likeness (QED) is 0.858. The number of halogens is 1. The van der Waals surface area contributed by atoms with E-state index in [4.69, 9.17) is 11.6 Å². The van der Waals surface area contributed by atoms with E-state index in [1.807, 2.05) is 11.6 Å². The van der Waals surface area contributed by atoms with Gasteiger partial charge in [0.15, 0.2) is 0 Å². The maximum Gasteiger partial charge on any atom is 0.0814 e. The van der Waals surface area contributed by atoms with Crippen LogP contribution in [0.5, 0.6) is 0 Å². The topological polar surface area (TPSA) is 29.9 Å². The van der Waals surface area contributed by atoms with E-state index < -0.39 is 0 Å². The minimum atomic E-state index is 0.544. The van der Waals surface area contributed by atoms with Crippen LogP contribution in [0.3, 0.4) is 0 Å². The zero-order valence-corrected chi connectivity index (χ0v) is 12.2. The molecular formula is C14H24ClN3. The molecule has 0 aliphatic heterocycles. The Bertz CT molecular complexity index is 369. The fraction of sp³-hybridized carbons (Fsp3) is 0.786. The van der Waals surface area contributed by atoms with Crippen LogP contribution in [-0.2, 0) is 6.54 Å². The molecule has 3 nitrogen and oxygen atoms in total. The molecule has 1 aromatic rings. The Morgan fingerprint density at radius 1 is 1.50 bits per heavy atom. The summed E-state index contributed by atoms with van der Waals surface area (Å²) in [5.41, 5.74) is 1.08. The third-order valence-electron chi connectivity index (χ3n) is 4.04. The van der Waals surface area contributed by atoms with Crippen molar-refractivity contribution in [2.24, 2.45) is 5.92 Å². The first-order chi connectivity index (χ1) is 8.72. The maximum absolute atomic E-state index is 6.07. The van der Waals surface area contributed by atoms with Gasteiger partial charge < -0.3 is 5.32 Å². The molecule has 1 unspecified atom stereocenters. The molecule has 4 heteroatoms. The van der Waals surface area contributed by atoms with E-state index in [0.29, 0.717) is 6.04 Å². The first kappa shape index (κ1) is 13.9. The van der Waals surface area contributed by atoms with Crippen molar-refractivity contribution in [1.82, 2.24) is 15.1 Å². The zero-order valence-electron chi connectivity index (χ0n) is 11.5. The van der Waals surface area contributed by atoms with E-state index in [9.17, 15) is 0 Å². The lowest BCUT2D eigenvalue weighted by molar-refractivity contribution is 0.310. The number of rotatable bonds is 6. The summed E-state index contributed by atoms with van der Waals surface area (Å²) in [4.78, 5) is 0. The molecule has 0 saturated heterocycles. The number of aromatic nitrogens is 2. The molecule has 1 saturated carbocycles. The standard InChI is InChI=1S/C14H24ClN3/c1-3-8-16-14(12-6-4-5-7-12)10-18-11(2)13(15)9-17-18/h9,12,14,16H,3-8,10H2,1-2H3. The Kier molecular flexibility index (Phi) is 5.07. The van der Waals surface area contributed by atoms with Crippen LogP contribution >= 0.6 is 11.6 Å². The third-order valence-corrected chi connectivity index (χ3v) is 4.41. The van der Waals surface area contributed by atoms with Crippen LogP contribution in [0, 0.1) is 12.8 Å². The van der Waals surface area contributed by atoms with Crippen LogP contribution in [0.25, 0.3) is 0 Å². The second-order valence-corrected chi connectivity index (χ2v) is 5.77. The summed E-state index contributed by atoms with van der Waals surface area (Å²) in [6.45, 7) is 6.30. The van der Waals surface area contributed by atoms with Crippen LogP contribution in [0.4, 0.5) is 0 Å². The molecule has 0 bridgehead atoms. The van der Waals surface area contributed by atoms with Gasteiger partial charge in [0, 0.05) is 6.04 Å². The largest absolute Gasteiger partial charge is 0.312 e. The summed E-state index contributed by atoms with van der Waals surface area (Å²) in [6, 6.07) is 0.544. The molecule has 1 aliphatic rings. The van der Waals surface area contributed by atoms with Crippen molar-refractivity contribution in [2.45, 2.75) is 58.5 Å². The molecule has 102 valence electrons. The SMILES string of the molecule is CCCNC(Cn1ncc(Cl)c1C)C1CCCC1. The molecule has 0 radical (unpaired) electrons. The van der Waals surface area contributed by atoms with Crippen molar-refractivity contribution in [2.75, 3.05) is 6.54 Å². The number of nitrogens with zero attached hydrogens (tertiary/aromatic N) is 2. The molecule has 1 fully saturated rings. The lowest BCUT2D eigenvalue weighted by atomic mass is 9.98. The van der Waals surface area contributed by atoms with Crippen molar-refractivity contribution in [3.63, 3.8) is 0 Å². The summed E-state index contributed by atoms with van der Waals surface area (Å²) in [5, 5.41) is 8.85. The van der Waals surface area contributed by atoms with Gasteiger partial charge in [-0.1, -0.05) is 31.4 Å². The molecule has 1 aromatic heterocycles. The molecule has 1 atom stereocenters. The van der Waals surface area contributed by atoms with Gasteiger partial charge in [-0.25, -0.2) is 0 Å². The van der Waals surface area contributed by atoms with Crippen molar-refractivity contribution in [1.29, 1.82) is 0 Å². The first-order valence-electron chi connectivity index (χ1n) is 7.13. The minimum absolute atomic E-state index is 0.544. The van der Waals surface area contributed by atoms with E-state index in [1.54, 1.807) is 6.20 Å². The summed E-state index contributed by atoms with van der Waals surface area (Å²) in [6.07, 6.45) is 8.41. The van der Waals surface area contributed by atoms with Gasteiger partial charge in [-0.15, -0.1) is 0 Å². The van der Waals surface area contributed by atoms with E-state index in [2.05, 4.69) is 17.3 Å². The normalized spacial score (nSPS) is 18.4. The summed E-state index contributed by atoms with van der Waals surface area (Å²) in [5.74, 6) is 0.805. The van der Waals surface area contributed by atoms with Gasteiger partial charge in [-0.3, -0.25) is 4.68 Å². The maximum atomic E-state index is 6.07. The Hall–Kier alpha value is -0.540. The zero-order chi connectivity index (χ0) is 13.0. The van der Waals surface area contributed by atoms with Crippen molar-refractivity contribution < 1.29 is 0 Å². The monoisotopic (exact) mass is 269 g/mol. The highest BCUT2D eigenvalue weighted by Gasteiger charge is 2.25. The van der Waals surface area contributed by atoms with Crippen LogP contribution in [0.1, 0.15) is 44.7 Å². The number of hydrogen-bond acceptors (Lipinski definition) is 2. The molecule has 2 rings (SSSR count). The molecule has 0 spiro atoms. The van der Waals surface area contributed by atoms with Gasteiger partial charge in [0.1, 0.15) is 0 Å². The Morgan fingerprint density at radius 3 is 2.78 bits per heavy atom. The van der Waals surface area contributed by atoms with Crippen LogP contribution in [0.2, 0.25) is 5.02 Å². The summed E-state index contributed by atoms with van der Waals surface area (Å²) in [7, 11) is 0.